The fourth-order valence-electron chi connectivity index (χ4n) is 4.96. The minimum atomic E-state index is -0.652. The topological polar surface area (TPSA) is 70.1 Å². The number of para-hydroxylation sites is 1. The van der Waals surface area contributed by atoms with Gasteiger partial charge < -0.3 is 10.6 Å². The molecule has 34 heavy (non-hydrogen) atoms. The highest BCUT2D eigenvalue weighted by atomic mass is 35.5. The molecule has 3 aliphatic rings. The molecule has 0 unspecified atom stereocenters. The Morgan fingerprint density at radius 3 is 2.65 bits per heavy atom. The molecular formula is C25H23Cl2N5OS. The maximum atomic E-state index is 13.5. The summed E-state index contributed by atoms with van der Waals surface area (Å²) in [4.78, 5) is 23.6. The van der Waals surface area contributed by atoms with Crippen molar-refractivity contribution in [1.82, 2.24) is 15.3 Å². The van der Waals surface area contributed by atoms with Gasteiger partial charge in [-0.25, -0.2) is 9.97 Å². The first-order chi connectivity index (χ1) is 16.3. The summed E-state index contributed by atoms with van der Waals surface area (Å²) in [7, 11) is 0. The number of rotatable bonds is 3. The molecule has 1 amide bonds. The van der Waals surface area contributed by atoms with Gasteiger partial charge in [0.1, 0.15) is 5.03 Å². The number of anilines is 3. The molecule has 3 aromatic rings. The fraction of sp³-hybridized carbons (Fsp3) is 0.320. The van der Waals surface area contributed by atoms with E-state index in [2.05, 4.69) is 33.8 Å². The lowest BCUT2D eigenvalue weighted by Gasteiger charge is -2.42. The molecule has 9 heteroatoms. The van der Waals surface area contributed by atoms with E-state index >= 15 is 0 Å². The van der Waals surface area contributed by atoms with Crippen LogP contribution in [-0.4, -0.2) is 27.3 Å². The molecule has 1 aromatic heterocycles. The highest BCUT2D eigenvalue weighted by molar-refractivity contribution is 8.00. The van der Waals surface area contributed by atoms with Crippen LogP contribution in [0.15, 0.2) is 47.6 Å². The van der Waals surface area contributed by atoms with Crippen LogP contribution >= 0.6 is 35.0 Å². The summed E-state index contributed by atoms with van der Waals surface area (Å²) >= 11 is 14.4. The summed E-state index contributed by atoms with van der Waals surface area (Å²) in [6.45, 7) is 5.85. The zero-order valence-corrected chi connectivity index (χ0v) is 21.1. The third-order valence-electron chi connectivity index (χ3n) is 6.80. The van der Waals surface area contributed by atoms with Gasteiger partial charge in [-0.2, -0.15) is 0 Å². The number of carbonyl (C=O) groups excluding carboxylic acids is 1. The summed E-state index contributed by atoms with van der Waals surface area (Å²) in [5.74, 6) is 0.235. The molecule has 1 aliphatic carbocycles. The van der Waals surface area contributed by atoms with Crippen LogP contribution in [0.1, 0.15) is 48.2 Å². The van der Waals surface area contributed by atoms with Crippen molar-refractivity contribution in [2.24, 2.45) is 0 Å². The molecule has 0 saturated heterocycles. The summed E-state index contributed by atoms with van der Waals surface area (Å²) in [5, 5.41) is 8.34. The van der Waals surface area contributed by atoms with Crippen LogP contribution in [0.2, 0.25) is 10.0 Å². The largest absolute Gasteiger partial charge is 0.324 e. The zero-order chi connectivity index (χ0) is 23.7. The highest BCUT2D eigenvalue weighted by Gasteiger charge is 2.47. The molecule has 1 fully saturated rings. The molecule has 1 saturated carbocycles. The maximum absolute atomic E-state index is 13.5. The second kappa shape index (κ2) is 7.85. The standard InChI is InChI=1S/C25H23Cl2N5OS/c1-24(2)32(20-18(26)4-3-5-19(20)27)22(33)16-12-29-23(31-21(16)34-24)30-15-6-7-17-14(10-15)11-28-13-25(17)8-9-25/h3-7,10,12,28H,8-9,11,13H2,1-2H3,(H,29,30,31). The van der Waals surface area contributed by atoms with Crippen molar-refractivity contribution in [3.8, 4) is 0 Å². The second-order valence-electron chi connectivity index (χ2n) is 9.55. The molecule has 0 bridgehead atoms. The van der Waals surface area contributed by atoms with E-state index in [1.165, 1.54) is 35.7 Å². The number of nitrogens with one attached hydrogen (secondary N) is 2. The lowest BCUT2D eigenvalue weighted by atomic mass is 9.88. The molecular weight excluding hydrogens is 489 g/mol. The molecule has 1 spiro atoms. The molecule has 6 nitrogen and oxygen atoms in total. The van der Waals surface area contributed by atoms with Crippen molar-refractivity contribution in [3.05, 3.63) is 69.3 Å². The third-order valence-corrected chi connectivity index (χ3v) is 8.60. The van der Waals surface area contributed by atoms with Crippen molar-refractivity contribution in [2.45, 2.75) is 48.5 Å². The Hall–Kier alpha value is -2.32. The minimum Gasteiger partial charge on any atom is -0.324 e. The van der Waals surface area contributed by atoms with Gasteiger partial charge in [0.15, 0.2) is 0 Å². The number of hydrogen-bond acceptors (Lipinski definition) is 6. The predicted molar refractivity (Wildman–Crippen MR) is 138 cm³/mol. The monoisotopic (exact) mass is 511 g/mol. The lowest BCUT2D eigenvalue weighted by Crippen LogP contribution is -2.49. The van der Waals surface area contributed by atoms with E-state index in [9.17, 15) is 4.79 Å². The van der Waals surface area contributed by atoms with Crippen LogP contribution in [0.4, 0.5) is 17.3 Å². The SMILES string of the molecule is CC1(C)Sc2nc(Nc3ccc4c(c3)CNCC43CC3)ncc2C(=O)N1c1c(Cl)cccc1Cl. The van der Waals surface area contributed by atoms with Crippen LogP contribution in [0.25, 0.3) is 0 Å². The number of nitrogens with zero attached hydrogens (tertiary/aromatic N) is 3. The van der Waals surface area contributed by atoms with Gasteiger partial charge in [0, 0.05) is 30.4 Å². The molecule has 2 aromatic carbocycles. The number of thioether (sulfide) groups is 1. The summed E-state index contributed by atoms with van der Waals surface area (Å²) in [6, 6.07) is 11.7. The van der Waals surface area contributed by atoms with Crippen LogP contribution in [0.5, 0.6) is 0 Å². The molecule has 174 valence electrons. The van der Waals surface area contributed by atoms with Crippen molar-refractivity contribution >= 4 is 58.2 Å². The van der Waals surface area contributed by atoms with Crippen molar-refractivity contribution in [2.75, 3.05) is 16.8 Å². The van der Waals surface area contributed by atoms with E-state index in [0.29, 0.717) is 37.7 Å². The Kier molecular flexibility index (Phi) is 5.12. The van der Waals surface area contributed by atoms with Gasteiger partial charge in [-0.05, 0) is 62.1 Å². The van der Waals surface area contributed by atoms with Gasteiger partial charge in [-0.15, -0.1) is 0 Å². The van der Waals surface area contributed by atoms with Gasteiger partial charge in [-0.1, -0.05) is 47.1 Å². The minimum absolute atomic E-state index is 0.227. The fourth-order valence-corrected chi connectivity index (χ4v) is 6.65. The number of fused-ring (bicyclic) bond motifs is 3. The Balaban J connectivity index is 1.31. The van der Waals surface area contributed by atoms with Crippen LogP contribution < -0.4 is 15.5 Å². The maximum Gasteiger partial charge on any atom is 0.263 e. The Labute approximate surface area is 212 Å². The third kappa shape index (κ3) is 3.57. The first kappa shape index (κ1) is 22.2. The van der Waals surface area contributed by atoms with E-state index in [0.717, 1.165) is 18.8 Å². The van der Waals surface area contributed by atoms with Gasteiger partial charge in [0.2, 0.25) is 5.95 Å². The normalized spacial score (nSPS) is 19.5. The van der Waals surface area contributed by atoms with Crippen molar-refractivity contribution in [1.29, 1.82) is 0 Å². The average Bonchev–Trinajstić information content (AvgIpc) is 3.55. The van der Waals surface area contributed by atoms with Gasteiger partial charge in [0.25, 0.3) is 5.91 Å². The van der Waals surface area contributed by atoms with E-state index < -0.39 is 4.87 Å². The highest BCUT2D eigenvalue weighted by Crippen LogP contribution is 2.51. The van der Waals surface area contributed by atoms with E-state index in [-0.39, 0.29) is 5.91 Å². The first-order valence-corrected chi connectivity index (χ1v) is 12.8. The number of amides is 1. The van der Waals surface area contributed by atoms with Crippen molar-refractivity contribution in [3.63, 3.8) is 0 Å². The number of halogens is 2. The van der Waals surface area contributed by atoms with E-state index in [1.54, 1.807) is 29.3 Å². The summed E-state index contributed by atoms with van der Waals surface area (Å²) < 4.78 is 0. The lowest BCUT2D eigenvalue weighted by molar-refractivity contribution is 0.0969. The first-order valence-electron chi connectivity index (χ1n) is 11.2. The van der Waals surface area contributed by atoms with Crippen LogP contribution in [0.3, 0.4) is 0 Å². The van der Waals surface area contributed by atoms with Crippen molar-refractivity contribution < 1.29 is 4.79 Å². The predicted octanol–water partition coefficient (Wildman–Crippen LogP) is 6.15. The quantitative estimate of drug-likeness (QED) is 0.411. The Morgan fingerprint density at radius 1 is 1.15 bits per heavy atom. The molecule has 2 N–H and O–H groups in total. The number of hydrogen-bond donors (Lipinski definition) is 2. The van der Waals surface area contributed by atoms with Gasteiger partial charge in [0.05, 0.1) is 26.2 Å². The molecule has 0 radical (unpaired) electrons. The zero-order valence-electron chi connectivity index (χ0n) is 18.8. The van der Waals surface area contributed by atoms with E-state index in [4.69, 9.17) is 28.2 Å². The van der Waals surface area contributed by atoms with Gasteiger partial charge >= 0.3 is 0 Å². The molecule has 3 heterocycles. The Bertz CT molecular complexity index is 1320. The number of carbonyl (C=O) groups is 1. The average molecular weight is 512 g/mol. The number of aromatic nitrogens is 2. The Morgan fingerprint density at radius 2 is 1.91 bits per heavy atom. The van der Waals surface area contributed by atoms with E-state index in [1.807, 2.05) is 13.8 Å². The molecule has 0 atom stereocenters. The van der Waals surface area contributed by atoms with Crippen LogP contribution in [-0.2, 0) is 12.0 Å². The molecule has 2 aliphatic heterocycles. The number of benzene rings is 2. The molecule has 6 rings (SSSR count). The smallest absolute Gasteiger partial charge is 0.263 e. The summed E-state index contributed by atoms with van der Waals surface area (Å²) in [5.41, 5.74) is 4.99. The van der Waals surface area contributed by atoms with Gasteiger partial charge in [-0.3, -0.25) is 9.69 Å². The summed E-state index contributed by atoms with van der Waals surface area (Å²) in [6.07, 6.45) is 4.09. The van der Waals surface area contributed by atoms with Crippen LogP contribution in [0, 0.1) is 0 Å². The second-order valence-corrected chi connectivity index (χ2v) is 12.0.